The van der Waals surface area contributed by atoms with E-state index in [1.54, 1.807) is 38.6 Å². The van der Waals surface area contributed by atoms with Gasteiger partial charge in [0, 0.05) is 6.20 Å². The van der Waals surface area contributed by atoms with Gasteiger partial charge in [-0.25, -0.2) is 9.48 Å². The second kappa shape index (κ2) is 7.89. The molecule has 160 valence electrons. The fourth-order valence-electron chi connectivity index (χ4n) is 3.67. The molecule has 30 heavy (non-hydrogen) atoms. The Morgan fingerprint density at radius 3 is 2.50 bits per heavy atom. The van der Waals surface area contributed by atoms with Gasteiger partial charge in [-0.3, -0.25) is 4.79 Å². The smallest absolute Gasteiger partial charge is 0.437 e. The van der Waals surface area contributed by atoms with Gasteiger partial charge in [0.25, 0.3) is 0 Å². The number of ketones is 1. The van der Waals surface area contributed by atoms with Gasteiger partial charge < -0.3 is 14.2 Å². The average molecular weight is 433 g/mol. The largest absolute Gasteiger partial charge is 0.513 e. The summed E-state index contributed by atoms with van der Waals surface area (Å²) in [6.45, 7) is 8.90. The minimum atomic E-state index is -1.11. The molecule has 3 rings (SSSR count). The Bertz CT molecular complexity index is 1040. The van der Waals surface area contributed by atoms with Crippen LogP contribution in [-0.4, -0.2) is 40.0 Å². The van der Waals surface area contributed by atoms with E-state index < -0.39 is 17.4 Å². The van der Waals surface area contributed by atoms with Gasteiger partial charge in [-0.1, -0.05) is 24.6 Å². The van der Waals surface area contributed by atoms with Crippen molar-refractivity contribution in [1.29, 1.82) is 0 Å². The molecule has 0 aliphatic carbocycles. The highest BCUT2D eigenvalue weighted by Gasteiger charge is 2.49. The van der Waals surface area contributed by atoms with E-state index in [2.05, 4.69) is 9.84 Å². The molecule has 8 heteroatoms. The van der Waals surface area contributed by atoms with Crippen molar-refractivity contribution in [2.24, 2.45) is 0 Å². The lowest BCUT2D eigenvalue weighted by molar-refractivity contribution is -0.158. The van der Waals surface area contributed by atoms with Crippen molar-refractivity contribution >= 4 is 29.1 Å². The Hall–Kier alpha value is -2.64. The molecule has 1 aliphatic rings. The van der Waals surface area contributed by atoms with E-state index in [0.29, 0.717) is 28.3 Å². The molecule has 0 radical (unpaired) electrons. The molecule has 0 bridgehead atoms. The highest BCUT2D eigenvalue weighted by molar-refractivity contribution is 6.30. The molecular weight excluding hydrogens is 408 g/mol. The van der Waals surface area contributed by atoms with Crippen LogP contribution >= 0.6 is 11.6 Å². The van der Waals surface area contributed by atoms with Crippen LogP contribution in [0.4, 0.5) is 4.79 Å². The number of rotatable bonds is 4. The van der Waals surface area contributed by atoms with Crippen molar-refractivity contribution < 1.29 is 23.8 Å². The first kappa shape index (κ1) is 22.1. The van der Waals surface area contributed by atoms with Crippen LogP contribution in [0, 0.1) is 0 Å². The standard InChI is InChI=1S/C22H25ClN2O5/c1-7-13-8-9-15(25-12-14(23)11-24-25)10-16(13)17-18(26)21(2,3)30-22(4,5)19(17)29-20(27)28-6/h8-12H,7H2,1-6H3. The van der Waals surface area contributed by atoms with E-state index in [9.17, 15) is 9.59 Å². The highest BCUT2D eigenvalue weighted by Crippen LogP contribution is 2.43. The van der Waals surface area contributed by atoms with Crippen molar-refractivity contribution in [1.82, 2.24) is 9.78 Å². The van der Waals surface area contributed by atoms with E-state index in [-0.39, 0.29) is 11.5 Å². The van der Waals surface area contributed by atoms with Crippen LogP contribution in [0.5, 0.6) is 0 Å². The van der Waals surface area contributed by atoms with Crippen molar-refractivity contribution in [2.75, 3.05) is 7.11 Å². The van der Waals surface area contributed by atoms with E-state index in [1.807, 2.05) is 25.1 Å². The summed E-state index contributed by atoms with van der Waals surface area (Å²) in [4.78, 5) is 25.5. The molecule has 7 nitrogen and oxygen atoms in total. The summed E-state index contributed by atoms with van der Waals surface area (Å²) < 4.78 is 17.8. The van der Waals surface area contributed by atoms with Crippen LogP contribution in [0.2, 0.25) is 5.02 Å². The number of halogens is 1. The number of hydrogen-bond acceptors (Lipinski definition) is 6. The molecule has 0 unspecified atom stereocenters. The van der Waals surface area contributed by atoms with E-state index >= 15 is 0 Å². The van der Waals surface area contributed by atoms with E-state index in [0.717, 1.165) is 5.56 Å². The molecule has 1 aromatic carbocycles. The third-order valence-electron chi connectivity index (χ3n) is 4.97. The van der Waals surface area contributed by atoms with Crippen LogP contribution in [0.1, 0.15) is 45.7 Å². The number of methoxy groups -OCH3 is 1. The maximum Gasteiger partial charge on any atom is 0.513 e. The molecule has 0 amide bonds. The number of aryl methyl sites for hydroxylation is 1. The zero-order valence-electron chi connectivity index (χ0n) is 17.9. The fourth-order valence-corrected chi connectivity index (χ4v) is 3.81. The normalized spacial score (nSPS) is 17.8. The zero-order valence-corrected chi connectivity index (χ0v) is 18.7. The summed E-state index contributed by atoms with van der Waals surface area (Å²) in [5, 5.41) is 4.73. The second-order valence-electron chi connectivity index (χ2n) is 8.01. The quantitative estimate of drug-likeness (QED) is 0.649. The average Bonchev–Trinajstić information content (AvgIpc) is 3.11. The fraction of sp³-hybridized carbons (Fsp3) is 0.409. The summed E-state index contributed by atoms with van der Waals surface area (Å²) in [7, 11) is 1.21. The van der Waals surface area contributed by atoms with Gasteiger partial charge in [-0.05, 0) is 57.4 Å². The van der Waals surface area contributed by atoms with Crippen molar-refractivity contribution in [3.05, 3.63) is 52.5 Å². The highest BCUT2D eigenvalue weighted by atomic mass is 35.5. The lowest BCUT2D eigenvalue weighted by Gasteiger charge is -2.41. The van der Waals surface area contributed by atoms with E-state index in [1.165, 1.54) is 13.3 Å². The molecule has 0 N–H and O–H groups in total. The third-order valence-corrected chi connectivity index (χ3v) is 5.16. The topological polar surface area (TPSA) is 79.7 Å². The molecule has 0 spiro atoms. The Labute approximate surface area is 180 Å². The Morgan fingerprint density at radius 2 is 1.93 bits per heavy atom. The Morgan fingerprint density at radius 1 is 1.23 bits per heavy atom. The SMILES string of the molecule is CCc1ccc(-n2cc(Cl)cn2)cc1C1=C(OC(=O)OC)C(C)(C)OC(C)(C)C1=O. The van der Waals surface area contributed by atoms with Crippen molar-refractivity contribution in [3.8, 4) is 5.69 Å². The summed E-state index contributed by atoms with van der Waals surface area (Å²) in [5.74, 6) is -0.171. The predicted molar refractivity (Wildman–Crippen MR) is 113 cm³/mol. The molecule has 2 aromatic rings. The van der Waals surface area contributed by atoms with Crippen LogP contribution in [-0.2, 0) is 25.4 Å². The van der Waals surface area contributed by atoms with Gasteiger partial charge in [0.2, 0.25) is 0 Å². The first-order valence-corrected chi connectivity index (χ1v) is 9.97. The Balaban J connectivity index is 2.31. The number of aromatic nitrogens is 2. The Kier molecular flexibility index (Phi) is 5.80. The maximum absolute atomic E-state index is 13.5. The number of benzene rings is 1. The lowest BCUT2D eigenvalue weighted by atomic mass is 9.81. The number of carbonyl (C=O) groups excluding carboxylic acids is 2. The second-order valence-corrected chi connectivity index (χ2v) is 8.45. The molecule has 2 heterocycles. The van der Waals surface area contributed by atoms with Crippen LogP contribution in [0.25, 0.3) is 11.3 Å². The maximum atomic E-state index is 13.5. The number of carbonyl (C=O) groups is 2. The molecular formula is C22H25ClN2O5. The predicted octanol–water partition coefficient (Wildman–Crippen LogP) is 4.74. The summed E-state index contributed by atoms with van der Waals surface area (Å²) in [6, 6.07) is 5.66. The van der Waals surface area contributed by atoms with Gasteiger partial charge in [0.15, 0.2) is 11.5 Å². The van der Waals surface area contributed by atoms with Gasteiger partial charge in [0.1, 0.15) is 11.2 Å². The van der Waals surface area contributed by atoms with Gasteiger partial charge >= 0.3 is 6.16 Å². The van der Waals surface area contributed by atoms with Gasteiger partial charge in [-0.15, -0.1) is 0 Å². The third kappa shape index (κ3) is 4.00. The van der Waals surface area contributed by atoms with Crippen LogP contribution in [0.3, 0.4) is 0 Å². The first-order chi connectivity index (χ1) is 14.0. The molecule has 0 saturated carbocycles. The van der Waals surface area contributed by atoms with Crippen LogP contribution in [0.15, 0.2) is 36.4 Å². The number of ether oxygens (including phenoxy) is 3. The van der Waals surface area contributed by atoms with E-state index in [4.69, 9.17) is 21.1 Å². The summed E-state index contributed by atoms with van der Waals surface area (Å²) >= 11 is 6.02. The van der Waals surface area contributed by atoms with Crippen molar-refractivity contribution in [3.63, 3.8) is 0 Å². The summed E-state index contributed by atoms with van der Waals surface area (Å²) in [5.41, 5.74) is 0.414. The molecule has 1 aliphatic heterocycles. The molecule has 0 saturated heterocycles. The monoisotopic (exact) mass is 432 g/mol. The van der Waals surface area contributed by atoms with Crippen LogP contribution < -0.4 is 0 Å². The molecule has 1 aromatic heterocycles. The first-order valence-electron chi connectivity index (χ1n) is 9.59. The zero-order chi connectivity index (χ0) is 22.3. The number of hydrogen-bond donors (Lipinski definition) is 0. The van der Waals surface area contributed by atoms with Gasteiger partial charge in [0.05, 0.1) is 29.6 Å². The minimum Gasteiger partial charge on any atom is -0.437 e. The van der Waals surface area contributed by atoms with Gasteiger partial charge in [-0.2, -0.15) is 5.10 Å². The lowest BCUT2D eigenvalue weighted by Crippen LogP contribution is -2.50. The number of nitrogens with zero attached hydrogens (tertiary/aromatic N) is 2. The van der Waals surface area contributed by atoms with Crippen molar-refractivity contribution in [2.45, 2.75) is 52.2 Å². The summed E-state index contributed by atoms with van der Waals surface area (Å²) in [6.07, 6.45) is 2.96. The number of Topliss-reactive ketones (excluding diaryl/α,β-unsaturated/α-hetero) is 1. The minimum absolute atomic E-state index is 0.115. The molecule has 0 atom stereocenters. The molecule has 0 fully saturated rings.